The van der Waals surface area contributed by atoms with E-state index in [0.717, 1.165) is 0 Å². The molecule has 0 aromatic heterocycles. The third kappa shape index (κ3) is 1.95. The minimum absolute atomic E-state index is 0.0729. The Bertz CT molecular complexity index is 290. The van der Waals surface area contributed by atoms with Crippen molar-refractivity contribution in [3.63, 3.8) is 0 Å². The largest absolute Gasteiger partial charge is 0.483 e. The van der Waals surface area contributed by atoms with Crippen molar-refractivity contribution in [2.75, 3.05) is 0 Å². The summed E-state index contributed by atoms with van der Waals surface area (Å²) in [6.45, 7) is 5.15. The zero-order chi connectivity index (χ0) is 10.7. The van der Waals surface area contributed by atoms with Crippen molar-refractivity contribution in [1.82, 2.24) is 0 Å². The SMILES string of the molecule is CCC(=O)OC1=C(C)OC(CC)C1=O. The summed E-state index contributed by atoms with van der Waals surface area (Å²) in [6, 6.07) is 0. The Hall–Kier alpha value is -1.32. The van der Waals surface area contributed by atoms with Crippen LogP contribution in [0, 0.1) is 0 Å². The number of hydrogen-bond acceptors (Lipinski definition) is 4. The van der Waals surface area contributed by atoms with E-state index in [9.17, 15) is 9.59 Å². The van der Waals surface area contributed by atoms with Crippen LogP contribution in [0.25, 0.3) is 0 Å². The lowest BCUT2D eigenvalue weighted by Crippen LogP contribution is -2.19. The summed E-state index contributed by atoms with van der Waals surface area (Å²) in [5.74, 6) is -0.160. The Morgan fingerprint density at radius 3 is 2.57 bits per heavy atom. The number of esters is 1. The maximum absolute atomic E-state index is 11.5. The molecule has 0 aromatic carbocycles. The van der Waals surface area contributed by atoms with Crippen LogP contribution in [-0.4, -0.2) is 17.9 Å². The molecule has 0 spiro atoms. The quantitative estimate of drug-likeness (QED) is 0.645. The van der Waals surface area contributed by atoms with Crippen LogP contribution >= 0.6 is 0 Å². The van der Waals surface area contributed by atoms with Crippen LogP contribution in [0.2, 0.25) is 0 Å². The molecule has 1 unspecified atom stereocenters. The van der Waals surface area contributed by atoms with Crippen LogP contribution in [0.3, 0.4) is 0 Å². The van der Waals surface area contributed by atoms with E-state index in [1.165, 1.54) is 0 Å². The molecule has 0 fully saturated rings. The summed E-state index contributed by atoms with van der Waals surface area (Å²) in [5.41, 5.74) is 0. The fourth-order valence-corrected chi connectivity index (χ4v) is 1.22. The van der Waals surface area contributed by atoms with Gasteiger partial charge in [-0.3, -0.25) is 9.59 Å². The van der Waals surface area contributed by atoms with Crippen molar-refractivity contribution in [2.45, 2.75) is 39.7 Å². The monoisotopic (exact) mass is 198 g/mol. The molecule has 0 bridgehead atoms. The average Bonchev–Trinajstić information content (AvgIpc) is 2.44. The number of carbonyl (C=O) groups excluding carboxylic acids is 2. The summed E-state index contributed by atoms with van der Waals surface area (Å²) in [7, 11) is 0. The molecule has 0 aromatic rings. The molecule has 0 saturated heterocycles. The molecule has 1 rings (SSSR count). The van der Waals surface area contributed by atoms with Gasteiger partial charge in [-0.15, -0.1) is 0 Å². The molecular weight excluding hydrogens is 184 g/mol. The van der Waals surface area contributed by atoms with E-state index in [1.807, 2.05) is 6.92 Å². The Kier molecular flexibility index (Phi) is 3.28. The lowest BCUT2D eigenvalue weighted by atomic mass is 10.2. The lowest BCUT2D eigenvalue weighted by Gasteiger charge is -2.04. The predicted molar refractivity (Wildman–Crippen MR) is 49.3 cm³/mol. The highest BCUT2D eigenvalue weighted by Gasteiger charge is 2.34. The molecule has 1 aliphatic heterocycles. The first kappa shape index (κ1) is 10.8. The molecule has 0 N–H and O–H groups in total. The summed E-state index contributed by atoms with van der Waals surface area (Å²) < 4.78 is 10.1. The summed E-state index contributed by atoms with van der Waals surface area (Å²) >= 11 is 0. The number of hydrogen-bond donors (Lipinski definition) is 0. The van der Waals surface area contributed by atoms with Gasteiger partial charge in [0.2, 0.25) is 11.5 Å². The number of allylic oxidation sites excluding steroid dienone is 1. The summed E-state index contributed by atoms with van der Waals surface area (Å²) in [4.78, 5) is 22.5. The van der Waals surface area contributed by atoms with Gasteiger partial charge in [0.1, 0.15) is 5.76 Å². The van der Waals surface area contributed by atoms with Gasteiger partial charge in [0.05, 0.1) is 0 Å². The van der Waals surface area contributed by atoms with Gasteiger partial charge in [0.25, 0.3) is 0 Å². The van der Waals surface area contributed by atoms with Crippen molar-refractivity contribution < 1.29 is 19.1 Å². The van der Waals surface area contributed by atoms with Crippen LogP contribution in [0.1, 0.15) is 33.6 Å². The van der Waals surface area contributed by atoms with Crippen molar-refractivity contribution in [3.8, 4) is 0 Å². The molecule has 0 amide bonds. The molecule has 4 heteroatoms. The average molecular weight is 198 g/mol. The molecule has 14 heavy (non-hydrogen) atoms. The fourth-order valence-electron chi connectivity index (χ4n) is 1.22. The summed E-state index contributed by atoms with van der Waals surface area (Å²) in [6.07, 6.45) is 0.360. The topological polar surface area (TPSA) is 52.6 Å². The van der Waals surface area contributed by atoms with E-state index >= 15 is 0 Å². The summed E-state index contributed by atoms with van der Waals surface area (Å²) in [5, 5.41) is 0. The highest BCUT2D eigenvalue weighted by atomic mass is 16.6. The molecule has 0 aliphatic carbocycles. The first-order chi connectivity index (χ1) is 6.60. The molecular formula is C10H14O4. The predicted octanol–water partition coefficient (Wildman–Crippen LogP) is 1.55. The zero-order valence-electron chi connectivity index (χ0n) is 8.62. The Balaban J connectivity index is 2.73. The fraction of sp³-hybridized carbons (Fsp3) is 0.600. The number of ether oxygens (including phenoxy) is 2. The molecule has 0 saturated carbocycles. The second kappa shape index (κ2) is 4.26. The molecule has 1 heterocycles. The lowest BCUT2D eigenvalue weighted by molar-refractivity contribution is -0.142. The van der Waals surface area contributed by atoms with Crippen LogP contribution in [0.15, 0.2) is 11.5 Å². The van der Waals surface area contributed by atoms with E-state index in [2.05, 4.69) is 0 Å². The van der Waals surface area contributed by atoms with Gasteiger partial charge in [0, 0.05) is 6.42 Å². The number of ketones is 1. The minimum Gasteiger partial charge on any atom is -0.483 e. The van der Waals surface area contributed by atoms with Crippen LogP contribution in [0.4, 0.5) is 0 Å². The van der Waals surface area contributed by atoms with Gasteiger partial charge < -0.3 is 9.47 Å². The standard InChI is InChI=1S/C10H14O4/c1-4-7-9(12)10(6(3)13-7)14-8(11)5-2/h7H,4-5H2,1-3H3. The zero-order valence-corrected chi connectivity index (χ0v) is 8.62. The Labute approximate surface area is 82.9 Å². The highest BCUT2D eigenvalue weighted by Crippen LogP contribution is 2.24. The van der Waals surface area contributed by atoms with Gasteiger partial charge in [0.15, 0.2) is 6.10 Å². The van der Waals surface area contributed by atoms with Gasteiger partial charge in [-0.2, -0.15) is 0 Å². The van der Waals surface area contributed by atoms with Gasteiger partial charge in [-0.05, 0) is 13.3 Å². The molecule has 78 valence electrons. The number of carbonyl (C=O) groups is 2. The van der Waals surface area contributed by atoms with E-state index in [0.29, 0.717) is 12.2 Å². The second-order valence-electron chi connectivity index (χ2n) is 3.09. The minimum atomic E-state index is -0.477. The maximum atomic E-state index is 11.5. The van der Waals surface area contributed by atoms with Gasteiger partial charge in [-0.1, -0.05) is 13.8 Å². The smallest absolute Gasteiger partial charge is 0.311 e. The Morgan fingerprint density at radius 2 is 2.14 bits per heavy atom. The first-order valence-electron chi connectivity index (χ1n) is 4.72. The van der Waals surface area contributed by atoms with E-state index < -0.39 is 12.1 Å². The normalized spacial score (nSPS) is 21.1. The number of rotatable bonds is 3. The van der Waals surface area contributed by atoms with Crippen molar-refractivity contribution in [3.05, 3.63) is 11.5 Å². The molecule has 0 radical (unpaired) electrons. The third-order valence-electron chi connectivity index (χ3n) is 2.03. The first-order valence-corrected chi connectivity index (χ1v) is 4.72. The van der Waals surface area contributed by atoms with E-state index in [1.54, 1.807) is 13.8 Å². The van der Waals surface area contributed by atoms with E-state index in [4.69, 9.17) is 9.47 Å². The molecule has 1 aliphatic rings. The second-order valence-corrected chi connectivity index (χ2v) is 3.09. The Morgan fingerprint density at radius 1 is 1.50 bits per heavy atom. The third-order valence-corrected chi connectivity index (χ3v) is 2.03. The van der Waals surface area contributed by atoms with Crippen molar-refractivity contribution >= 4 is 11.8 Å². The van der Waals surface area contributed by atoms with Crippen molar-refractivity contribution in [1.29, 1.82) is 0 Å². The van der Waals surface area contributed by atoms with E-state index in [-0.39, 0.29) is 18.0 Å². The maximum Gasteiger partial charge on any atom is 0.311 e. The number of Topliss-reactive ketones (excluding diaryl/α,β-unsaturated/α-hetero) is 1. The molecule has 1 atom stereocenters. The van der Waals surface area contributed by atoms with Crippen LogP contribution < -0.4 is 0 Å². The van der Waals surface area contributed by atoms with Crippen molar-refractivity contribution in [2.24, 2.45) is 0 Å². The van der Waals surface area contributed by atoms with Crippen LogP contribution in [0.5, 0.6) is 0 Å². The van der Waals surface area contributed by atoms with Crippen LogP contribution in [-0.2, 0) is 19.1 Å². The highest BCUT2D eigenvalue weighted by molar-refractivity contribution is 6.01. The molecule has 4 nitrogen and oxygen atoms in total. The van der Waals surface area contributed by atoms with Gasteiger partial charge in [-0.25, -0.2) is 0 Å². The van der Waals surface area contributed by atoms with Gasteiger partial charge >= 0.3 is 5.97 Å².